The van der Waals surface area contributed by atoms with Crippen LogP contribution in [0.3, 0.4) is 0 Å². The van der Waals surface area contributed by atoms with Gasteiger partial charge in [-0.15, -0.1) is 0 Å². The van der Waals surface area contributed by atoms with E-state index in [1.54, 1.807) is 0 Å². The van der Waals surface area contributed by atoms with Crippen molar-refractivity contribution >= 4 is 23.9 Å². The maximum absolute atomic E-state index is 12.6. The van der Waals surface area contributed by atoms with Crippen LogP contribution in [0, 0.1) is 0 Å². The van der Waals surface area contributed by atoms with Gasteiger partial charge in [-0.05, 0) is 19.1 Å². The molecule has 4 aliphatic rings. The molecule has 2 N–H and O–H groups in total. The lowest BCUT2D eigenvalue weighted by Crippen LogP contribution is -2.52. The minimum absolute atomic E-state index is 0.0237. The first-order chi connectivity index (χ1) is 16.8. The Labute approximate surface area is 205 Å². The molecule has 0 aromatic heterocycles. The predicted octanol–water partition coefficient (Wildman–Crippen LogP) is 2.53. The second kappa shape index (κ2) is 8.77. The lowest BCUT2D eigenvalue weighted by molar-refractivity contribution is -0.303. The Morgan fingerprint density at radius 1 is 0.667 bits per heavy atom. The number of hydrogen-bond acceptors (Lipinski definition) is 12. The van der Waals surface area contributed by atoms with Gasteiger partial charge in [-0.1, -0.05) is 18.2 Å². The second-order valence-electron chi connectivity index (χ2n) is 8.96. The molecule has 1 saturated carbocycles. The van der Waals surface area contributed by atoms with Crippen LogP contribution < -0.4 is 0 Å². The van der Waals surface area contributed by atoms with Crippen LogP contribution >= 0.6 is 0 Å². The average molecular weight is 504 g/mol. The summed E-state index contributed by atoms with van der Waals surface area (Å²) in [6.07, 6.45) is 6.65. The largest absolute Gasteiger partial charge is 0.481 e. The smallest absolute Gasteiger partial charge is 0.348 e. The SMILES string of the molecule is CC1=C(O)OC2(CCC3(CC2)OC(=O)C(C=CC=CC=C2C(=O)OC(C)(C)OC2=O)=C(O)O3)OC1=O. The molecule has 3 aliphatic heterocycles. The van der Waals surface area contributed by atoms with Gasteiger partial charge in [0, 0.05) is 39.5 Å². The van der Waals surface area contributed by atoms with Crippen LogP contribution in [0.5, 0.6) is 0 Å². The molecule has 0 aromatic carbocycles. The van der Waals surface area contributed by atoms with Crippen LogP contribution in [0.4, 0.5) is 0 Å². The topological polar surface area (TPSA) is 164 Å². The van der Waals surface area contributed by atoms with Crippen LogP contribution in [0.2, 0.25) is 0 Å². The summed E-state index contributed by atoms with van der Waals surface area (Å²) in [5.74, 6) is -8.64. The zero-order valence-corrected chi connectivity index (χ0v) is 19.7. The Bertz CT molecular complexity index is 1150. The van der Waals surface area contributed by atoms with E-state index < -0.39 is 53.1 Å². The quantitative estimate of drug-likeness (QED) is 0.190. The van der Waals surface area contributed by atoms with E-state index in [-0.39, 0.29) is 42.4 Å². The number of rotatable bonds is 3. The van der Waals surface area contributed by atoms with E-state index in [1.165, 1.54) is 51.2 Å². The molecule has 0 aromatic rings. The van der Waals surface area contributed by atoms with Gasteiger partial charge in [0.05, 0.1) is 0 Å². The average Bonchev–Trinajstić information content (AvgIpc) is 2.77. The molecule has 192 valence electrons. The highest BCUT2D eigenvalue weighted by atomic mass is 16.8. The zero-order chi connectivity index (χ0) is 26.3. The number of cyclic esters (lactones) is 2. The predicted molar refractivity (Wildman–Crippen MR) is 116 cm³/mol. The van der Waals surface area contributed by atoms with Crippen molar-refractivity contribution in [3.63, 3.8) is 0 Å². The summed E-state index contributed by atoms with van der Waals surface area (Å²) in [5, 5.41) is 20.2. The molecule has 1 saturated heterocycles. The van der Waals surface area contributed by atoms with Gasteiger partial charge in [0.1, 0.15) is 16.7 Å². The Hall–Kier alpha value is -4.22. The number of esters is 4. The van der Waals surface area contributed by atoms with E-state index >= 15 is 0 Å². The van der Waals surface area contributed by atoms with Crippen molar-refractivity contribution in [3.8, 4) is 0 Å². The molecule has 2 spiro atoms. The summed E-state index contributed by atoms with van der Waals surface area (Å²) in [4.78, 5) is 48.3. The van der Waals surface area contributed by atoms with Crippen molar-refractivity contribution in [2.24, 2.45) is 0 Å². The maximum atomic E-state index is 12.6. The van der Waals surface area contributed by atoms with Crippen molar-refractivity contribution in [3.05, 3.63) is 59.0 Å². The lowest BCUT2D eigenvalue weighted by atomic mass is 9.87. The van der Waals surface area contributed by atoms with Gasteiger partial charge in [0.15, 0.2) is 0 Å². The molecule has 2 fully saturated rings. The highest BCUT2D eigenvalue weighted by Gasteiger charge is 2.54. The Morgan fingerprint density at radius 3 is 1.72 bits per heavy atom. The van der Waals surface area contributed by atoms with Gasteiger partial charge >= 0.3 is 23.9 Å². The molecule has 0 amide bonds. The molecule has 36 heavy (non-hydrogen) atoms. The molecule has 0 unspecified atom stereocenters. The number of carbonyl (C=O) groups excluding carboxylic acids is 4. The number of allylic oxidation sites excluding steroid dienone is 4. The maximum Gasteiger partial charge on any atom is 0.348 e. The summed E-state index contributed by atoms with van der Waals surface area (Å²) >= 11 is 0. The van der Waals surface area contributed by atoms with E-state index in [9.17, 15) is 29.4 Å². The monoisotopic (exact) mass is 504 g/mol. The Kier molecular flexibility index (Phi) is 6.07. The fourth-order valence-corrected chi connectivity index (χ4v) is 3.89. The van der Waals surface area contributed by atoms with Gasteiger partial charge in [0.2, 0.25) is 0 Å². The third kappa shape index (κ3) is 4.79. The highest BCUT2D eigenvalue weighted by Crippen LogP contribution is 2.46. The molecule has 0 bridgehead atoms. The highest BCUT2D eigenvalue weighted by molar-refractivity contribution is 6.15. The third-order valence-corrected chi connectivity index (χ3v) is 5.84. The third-order valence-electron chi connectivity index (χ3n) is 5.84. The zero-order valence-electron chi connectivity index (χ0n) is 19.7. The Balaban J connectivity index is 1.39. The van der Waals surface area contributed by atoms with E-state index in [0.29, 0.717) is 0 Å². The van der Waals surface area contributed by atoms with E-state index in [4.69, 9.17) is 28.4 Å². The van der Waals surface area contributed by atoms with Crippen molar-refractivity contribution < 1.29 is 57.8 Å². The minimum Gasteiger partial charge on any atom is -0.481 e. The van der Waals surface area contributed by atoms with Crippen LogP contribution in [0.25, 0.3) is 0 Å². The first kappa shape index (κ1) is 24.9. The van der Waals surface area contributed by atoms with Crippen molar-refractivity contribution in [2.75, 3.05) is 0 Å². The van der Waals surface area contributed by atoms with Crippen molar-refractivity contribution in [1.82, 2.24) is 0 Å². The van der Waals surface area contributed by atoms with Gasteiger partial charge in [-0.3, -0.25) is 0 Å². The van der Waals surface area contributed by atoms with Gasteiger partial charge < -0.3 is 38.6 Å². The number of ether oxygens (including phenoxy) is 6. The molecule has 4 rings (SSSR count). The molecular weight excluding hydrogens is 480 g/mol. The summed E-state index contributed by atoms with van der Waals surface area (Å²) in [5.41, 5.74) is -0.607. The molecule has 12 heteroatoms. The molecule has 0 radical (unpaired) electrons. The molecule has 1 aliphatic carbocycles. The first-order valence-electron chi connectivity index (χ1n) is 11.0. The summed E-state index contributed by atoms with van der Waals surface area (Å²) in [6.45, 7) is 4.23. The van der Waals surface area contributed by atoms with Gasteiger partial charge in [-0.25, -0.2) is 19.2 Å². The summed E-state index contributed by atoms with van der Waals surface area (Å²) in [7, 11) is 0. The van der Waals surface area contributed by atoms with Crippen molar-refractivity contribution in [1.29, 1.82) is 0 Å². The lowest BCUT2D eigenvalue weighted by Gasteiger charge is -2.46. The minimum atomic E-state index is -1.49. The summed E-state index contributed by atoms with van der Waals surface area (Å²) < 4.78 is 31.6. The Morgan fingerprint density at radius 2 is 1.19 bits per heavy atom. The molecule has 12 nitrogen and oxygen atoms in total. The van der Waals surface area contributed by atoms with Crippen LogP contribution in [0.1, 0.15) is 46.5 Å². The van der Waals surface area contributed by atoms with Crippen LogP contribution in [-0.2, 0) is 47.6 Å². The van der Waals surface area contributed by atoms with E-state index in [0.717, 1.165) is 0 Å². The number of aliphatic hydroxyl groups is 2. The number of carbonyl (C=O) groups is 4. The van der Waals surface area contributed by atoms with Gasteiger partial charge in [0.25, 0.3) is 29.3 Å². The molecular formula is C24H24O12. The molecule has 0 atom stereocenters. The number of aliphatic hydroxyl groups excluding tert-OH is 2. The molecule has 3 heterocycles. The fraction of sp³-hybridized carbons (Fsp3) is 0.417. The fourth-order valence-electron chi connectivity index (χ4n) is 3.89. The van der Waals surface area contributed by atoms with Gasteiger partial charge in [-0.2, -0.15) is 0 Å². The van der Waals surface area contributed by atoms with E-state index in [2.05, 4.69) is 0 Å². The standard InChI is InChI=1S/C24H24O12/c1-13-16(25)33-23(34-17(13)26)9-11-24(12-10-23)35-20(29)15(21(30)36-24)8-6-4-5-7-14-18(27)31-22(2,3)32-19(14)28/h4-8,25,29H,9-12H2,1-3H3. The van der Waals surface area contributed by atoms with Crippen LogP contribution in [-0.4, -0.2) is 51.5 Å². The summed E-state index contributed by atoms with van der Waals surface area (Å²) in [6, 6.07) is 0. The first-order valence-corrected chi connectivity index (χ1v) is 11.0. The van der Waals surface area contributed by atoms with Crippen molar-refractivity contribution in [2.45, 2.75) is 63.8 Å². The second-order valence-corrected chi connectivity index (χ2v) is 8.96. The number of hydrogen-bond donors (Lipinski definition) is 2. The normalized spacial score (nSPS) is 24.9. The van der Waals surface area contributed by atoms with E-state index in [1.807, 2.05) is 0 Å². The van der Waals surface area contributed by atoms with Crippen LogP contribution in [0.15, 0.2) is 59.0 Å².